The first-order valence-electron chi connectivity index (χ1n) is 7.52. The van der Waals surface area contributed by atoms with Gasteiger partial charge in [0, 0.05) is 18.0 Å². The van der Waals surface area contributed by atoms with Gasteiger partial charge in [0.25, 0.3) is 0 Å². The first-order valence-corrected chi connectivity index (χ1v) is 7.52. The normalized spacial score (nSPS) is 29.1. The molecule has 1 aromatic rings. The monoisotopic (exact) mass is 274 g/mol. The second kappa shape index (κ2) is 5.83. The van der Waals surface area contributed by atoms with Gasteiger partial charge in [0.1, 0.15) is 5.75 Å². The van der Waals surface area contributed by atoms with Crippen LogP contribution in [0.15, 0.2) is 24.3 Å². The highest BCUT2D eigenvalue weighted by Crippen LogP contribution is 2.31. The van der Waals surface area contributed by atoms with E-state index in [1.165, 1.54) is 0 Å². The molecule has 0 spiro atoms. The number of para-hydroxylation sites is 1. The van der Waals surface area contributed by atoms with E-state index >= 15 is 0 Å². The number of hydrogen-bond donors (Lipinski definition) is 2. The molecule has 3 atom stereocenters. The van der Waals surface area contributed by atoms with Gasteiger partial charge in [-0.3, -0.25) is 4.79 Å². The molecule has 20 heavy (non-hydrogen) atoms. The summed E-state index contributed by atoms with van der Waals surface area (Å²) in [5.74, 6) is 1.02. The lowest BCUT2D eigenvalue weighted by Crippen LogP contribution is -2.51. The fourth-order valence-electron chi connectivity index (χ4n) is 3.11. The average Bonchev–Trinajstić information content (AvgIpc) is 2.47. The Morgan fingerprint density at radius 3 is 3.00 bits per heavy atom. The minimum absolute atomic E-state index is 0.0474. The summed E-state index contributed by atoms with van der Waals surface area (Å²) >= 11 is 0. The number of amides is 1. The summed E-state index contributed by atoms with van der Waals surface area (Å²) in [5, 5.41) is 6.57. The summed E-state index contributed by atoms with van der Waals surface area (Å²) in [6, 6.07) is 8.42. The van der Waals surface area contributed by atoms with Crippen LogP contribution in [-0.4, -0.2) is 24.6 Å². The van der Waals surface area contributed by atoms with Crippen LogP contribution in [0.5, 0.6) is 5.75 Å². The molecule has 4 nitrogen and oxygen atoms in total. The topological polar surface area (TPSA) is 50.4 Å². The van der Waals surface area contributed by atoms with Crippen LogP contribution < -0.4 is 15.4 Å². The molecule has 2 aliphatic rings. The van der Waals surface area contributed by atoms with Gasteiger partial charge in [-0.2, -0.15) is 0 Å². The van der Waals surface area contributed by atoms with Crippen molar-refractivity contribution in [2.45, 2.75) is 50.7 Å². The molecular formula is C16H22N2O2. The second-order valence-electron chi connectivity index (χ2n) is 5.79. The Hall–Kier alpha value is -1.55. The van der Waals surface area contributed by atoms with Gasteiger partial charge in [0.2, 0.25) is 5.91 Å². The molecule has 1 saturated heterocycles. The smallest absolute Gasteiger partial charge is 0.237 e. The van der Waals surface area contributed by atoms with E-state index < -0.39 is 0 Å². The number of carbonyl (C=O) groups excluding carboxylic acids is 1. The van der Waals surface area contributed by atoms with Gasteiger partial charge in [-0.05, 0) is 32.3 Å². The van der Waals surface area contributed by atoms with Crippen molar-refractivity contribution in [1.82, 2.24) is 10.6 Å². The quantitative estimate of drug-likeness (QED) is 0.869. The highest BCUT2D eigenvalue weighted by molar-refractivity contribution is 5.82. The van der Waals surface area contributed by atoms with Crippen LogP contribution in [0.3, 0.4) is 0 Å². The van der Waals surface area contributed by atoms with Crippen molar-refractivity contribution in [1.29, 1.82) is 0 Å². The molecule has 1 fully saturated rings. The predicted molar refractivity (Wildman–Crippen MR) is 77.7 cm³/mol. The van der Waals surface area contributed by atoms with Crippen LogP contribution in [0.4, 0.5) is 0 Å². The van der Waals surface area contributed by atoms with Crippen molar-refractivity contribution in [3.63, 3.8) is 0 Å². The van der Waals surface area contributed by atoms with Gasteiger partial charge in [0.05, 0.1) is 18.7 Å². The maximum absolute atomic E-state index is 12.4. The average molecular weight is 274 g/mol. The van der Waals surface area contributed by atoms with Crippen LogP contribution in [-0.2, 0) is 4.79 Å². The predicted octanol–water partition coefficient (Wildman–Crippen LogP) is 2.16. The van der Waals surface area contributed by atoms with Gasteiger partial charge >= 0.3 is 0 Å². The molecule has 0 aliphatic carbocycles. The summed E-state index contributed by atoms with van der Waals surface area (Å²) in [4.78, 5) is 12.4. The van der Waals surface area contributed by atoms with Crippen molar-refractivity contribution in [3.8, 4) is 5.75 Å². The summed E-state index contributed by atoms with van der Waals surface area (Å²) in [6.45, 7) is 2.81. The van der Waals surface area contributed by atoms with E-state index in [0.717, 1.165) is 37.0 Å². The number of benzene rings is 1. The van der Waals surface area contributed by atoms with Crippen molar-refractivity contribution in [3.05, 3.63) is 29.8 Å². The highest BCUT2D eigenvalue weighted by atomic mass is 16.5. The fourth-order valence-corrected chi connectivity index (χ4v) is 3.11. The van der Waals surface area contributed by atoms with Crippen LogP contribution in [0, 0.1) is 0 Å². The van der Waals surface area contributed by atoms with E-state index in [1.54, 1.807) is 0 Å². The maximum atomic E-state index is 12.4. The molecule has 2 heterocycles. The van der Waals surface area contributed by atoms with E-state index in [0.29, 0.717) is 12.6 Å². The van der Waals surface area contributed by atoms with Gasteiger partial charge in [-0.15, -0.1) is 0 Å². The Kier molecular flexibility index (Phi) is 3.92. The molecule has 3 unspecified atom stereocenters. The molecule has 1 aromatic carbocycles. The third kappa shape index (κ3) is 2.80. The minimum Gasteiger partial charge on any atom is -0.493 e. The van der Waals surface area contributed by atoms with E-state index in [-0.39, 0.29) is 18.0 Å². The summed E-state index contributed by atoms with van der Waals surface area (Å²) in [6.07, 6.45) is 4.05. The third-order valence-electron chi connectivity index (χ3n) is 4.21. The number of hydrogen-bond acceptors (Lipinski definition) is 3. The zero-order chi connectivity index (χ0) is 13.9. The largest absolute Gasteiger partial charge is 0.493 e. The molecule has 1 amide bonds. The number of rotatable bonds is 2. The van der Waals surface area contributed by atoms with E-state index in [4.69, 9.17) is 4.74 Å². The van der Waals surface area contributed by atoms with Crippen LogP contribution in [0.25, 0.3) is 0 Å². The van der Waals surface area contributed by atoms with E-state index in [9.17, 15) is 4.79 Å². The number of piperidine rings is 1. The molecule has 0 radical (unpaired) electrons. The van der Waals surface area contributed by atoms with Gasteiger partial charge in [-0.1, -0.05) is 18.2 Å². The number of nitrogens with one attached hydrogen (secondary N) is 2. The van der Waals surface area contributed by atoms with Crippen LogP contribution in [0.2, 0.25) is 0 Å². The summed E-state index contributed by atoms with van der Waals surface area (Å²) < 4.78 is 5.63. The third-order valence-corrected chi connectivity index (χ3v) is 4.21. The van der Waals surface area contributed by atoms with Gasteiger partial charge in [-0.25, -0.2) is 0 Å². The summed E-state index contributed by atoms with van der Waals surface area (Å²) in [7, 11) is 0. The molecule has 3 rings (SSSR count). The van der Waals surface area contributed by atoms with Gasteiger partial charge in [0.15, 0.2) is 0 Å². The summed E-state index contributed by atoms with van der Waals surface area (Å²) in [5.41, 5.74) is 1.09. The second-order valence-corrected chi connectivity index (χ2v) is 5.79. The van der Waals surface area contributed by atoms with Crippen molar-refractivity contribution >= 4 is 5.91 Å². The maximum Gasteiger partial charge on any atom is 0.237 e. The Morgan fingerprint density at radius 2 is 2.15 bits per heavy atom. The molecular weight excluding hydrogens is 252 g/mol. The Morgan fingerprint density at radius 1 is 1.30 bits per heavy atom. The van der Waals surface area contributed by atoms with E-state index in [2.05, 4.69) is 17.6 Å². The molecule has 0 aromatic heterocycles. The first-order chi connectivity index (χ1) is 9.74. The first kappa shape index (κ1) is 13.4. The number of fused-ring (bicyclic) bond motifs is 1. The minimum atomic E-state index is -0.0474. The Labute approximate surface area is 119 Å². The number of carbonyl (C=O) groups is 1. The van der Waals surface area contributed by atoms with Crippen LogP contribution >= 0.6 is 0 Å². The fraction of sp³-hybridized carbons (Fsp3) is 0.562. The zero-order valence-electron chi connectivity index (χ0n) is 11.9. The molecule has 0 saturated carbocycles. The number of ether oxygens (including phenoxy) is 1. The molecule has 2 N–H and O–H groups in total. The molecule has 4 heteroatoms. The lowest BCUT2D eigenvalue weighted by molar-refractivity contribution is -0.124. The lowest BCUT2D eigenvalue weighted by atomic mass is 9.97. The standard InChI is InChI=1S/C16H22N2O2/c1-11-5-4-7-14(17-11)16(19)18-13-9-10-20-15-8-3-2-6-12(13)15/h2-3,6,8,11,13-14,17H,4-5,7,9-10H2,1H3,(H,18,19). The highest BCUT2D eigenvalue weighted by Gasteiger charge is 2.28. The van der Waals surface area contributed by atoms with Crippen molar-refractivity contribution < 1.29 is 9.53 Å². The van der Waals surface area contributed by atoms with Gasteiger partial charge < -0.3 is 15.4 Å². The van der Waals surface area contributed by atoms with Crippen molar-refractivity contribution in [2.24, 2.45) is 0 Å². The Bertz CT molecular complexity index is 489. The van der Waals surface area contributed by atoms with Crippen LogP contribution in [0.1, 0.15) is 44.2 Å². The lowest BCUT2D eigenvalue weighted by Gasteiger charge is -2.31. The Balaban J connectivity index is 1.68. The molecule has 2 aliphatic heterocycles. The van der Waals surface area contributed by atoms with Crippen molar-refractivity contribution in [2.75, 3.05) is 6.61 Å². The van der Waals surface area contributed by atoms with E-state index in [1.807, 2.05) is 24.3 Å². The SMILES string of the molecule is CC1CCCC(C(=O)NC2CCOc3ccccc32)N1. The molecule has 108 valence electrons. The zero-order valence-corrected chi connectivity index (χ0v) is 11.9. The molecule has 0 bridgehead atoms.